The molecule has 8 aromatic rings. The minimum absolute atomic E-state index is 0.306. The van der Waals surface area contributed by atoms with Crippen molar-refractivity contribution in [2.45, 2.75) is 27.7 Å². The van der Waals surface area contributed by atoms with Crippen LogP contribution in [-0.2, 0) is 27.2 Å². The van der Waals surface area contributed by atoms with Gasteiger partial charge in [-0.2, -0.15) is 0 Å². The van der Waals surface area contributed by atoms with E-state index >= 15 is 0 Å². The first-order chi connectivity index (χ1) is 28.1. The van der Waals surface area contributed by atoms with E-state index in [9.17, 15) is 9.13 Å². The van der Waals surface area contributed by atoms with Crippen LogP contribution in [0.25, 0.3) is 65.3 Å². The highest BCUT2D eigenvalue weighted by molar-refractivity contribution is 9.10. The molecule has 0 N–H and O–H groups in total. The van der Waals surface area contributed by atoms with Crippen molar-refractivity contribution in [2.75, 3.05) is 26.4 Å². The molecule has 0 aliphatic rings. The van der Waals surface area contributed by atoms with Crippen LogP contribution in [0.15, 0.2) is 162 Å². The summed E-state index contributed by atoms with van der Waals surface area (Å²) >= 11 is 8.99. The molecule has 0 radical (unpaired) electrons. The Morgan fingerprint density at radius 2 is 0.793 bits per heavy atom. The maximum atomic E-state index is 13.7. The molecule has 8 rings (SSSR count). The second-order valence-corrected chi connectivity index (χ2v) is 18.4. The van der Waals surface area contributed by atoms with E-state index in [0.29, 0.717) is 31.7 Å². The van der Waals surface area contributed by atoms with Crippen LogP contribution in [0.1, 0.15) is 27.7 Å². The van der Waals surface area contributed by atoms with Gasteiger partial charge in [0.1, 0.15) is 0 Å². The Hall–Kier alpha value is -4.13. The van der Waals surface area contributed by atoms with E-state index < -0.39 is 14.5 Å². The third-order valence-electron chi connectivity index (χ3n) is 9.36. The average Bonchev–Trinajstić information content (AvgIpc) is 3.23. The molecule has 0 saturated carbocycles. The standard InChI is InChI=1S/C24H23O3P.C20H13Br.C4H10ClO3P/c1-3-26-28(25,27-4-2)23-17-16-19-11-6-8-14-21(19)24(23)22-15-9-12-18-10-5-7-13-20(18)22;21-19-13-12-15-7-2-4-10-17(15)20(19)18-11-5-8-14-6-1-3-9-16(14)18;1-3-7-9(5,6)8-4-2/h5-17H,3-4H2,1-2H3;1-13H;3-4H2,1-2H3. The summed E-state index contributed by atoms with van der Waals surface area (Å²) in [7, 11) is -3.46. The van der Waals surface area contributed by atoms with Gasteiger partial charge < -0.3 is 9.05 Å². The third-order valence-corrected chi connectivity index (χ3v) is 13.9. The molecule has 0 saturated heterocycles. The van der Waals surface area contributed by atoms with Gasteiger partial charge in [-0.1, -0.05) is 162 Å². The highest BCUT2D eigenvalue weighted by Crippen LogP contribution is 2.53. The molecule has 0 fully saturated rings. The molecule has 0 heterocycles. The lowest BCUT2D eigenvalue weighted by Crippen LogP contribution is -2.14. The summed E-state index contributed by atoms with van der Waals surface area (Å²) in [5, 5.41) is 10.1. The van der Waals surface area contributed by atoms with Gasteiger partial charge in [-0.05, 0) is 94.0 Å². The molecule has 0 spiro atoms. The van der Waals surface area contributed by atoms with Gasteiger partial charge in [0.05, 0.1) is 31.7 Å². The Morgan fingerprint density at radius 3 is 1.26 bits per heavy atom. The van der Waals surface area contributed by atoms with Crippen LogP contribution in [0.4, 0.5) is 0 Å². The fourth-order valence-corrected chi connectivity index (χ4v) is 10.7. The molecule has 8 aromatic carbocycles. The quantitative estimate of drug-likeness (QED) is 0.120. The number of benzene rings is 8. The van der Waals surface area contributed by atoms with Crippen molar-refractivity contribution in [3.8, 4) is 22.3 Å². The molecule has 0 unspecified atom stereocenters. The summed E-state index contributed by atoms with van der Waals surface area (Å²) < 4.78 is 46.2. The molecule has 0 aromatic heterocycles. The first-order valence-corrected chi connectivity index (χ1v) is 24.1. The lowest BCUT2D eigenvalue weighted by Gasteiger charge is -2.22. The molecular formula is C48H46BrClO6P2. The summed E-state index contributed by atoms with van der Waals surface area (Å²) in [6.07, 6.45) is 0. The monoisotopic (exact) mass is 894 g/mol. The van der Waals surface area contributed by atoms with E-state index in [1.165, 1.54) is 32.7 Å². The van der Waals surface area contributed by atoms with Crippen LogP contribution in [0.3, 0.4) is 0 Å². The summed E-state index contributed by atoms with van der Waals surface area (Å²) in [5.74, 6) is 0. The molecule has 10 heteroatoms. The van der Waals surface area contributed by atoms with Gasteiger partial charge in [-0.3, -0.25) is 13.6 Å². The van der Waals surface area contributed by atoms with Gasteiger partial charge in [0, 0.05) is 26.8 Å². The lowest BCUT2D eigenvalue weighted by molar-refractivity contribution is 0.230. The third kappa shape index (κ3) is 10.00. The minimum Gasteiger partial charge on any atom is -0.305 e. The Balaban J connectivity index is 0.000000166. The molecule has 0 amide bonds. The van der Waals surface area contributed by atoms with Crippen LogP contribution in [-0.4, -0.2) is 26.4 Å². The molecule has 58 heavy (non-hydrogen) atoms. The minimum atomic E-state index is -3.46. The van der Waals surface area contributed by atoms with Crippen LogP contribution in [0.5, 0.6) is 0 Å². The summed E-state index contributed by atoms with van der Waals surface area (Å²) in [5.41, 5.74) is 4.49. The molecular weight excluding hydrogens is 850 g/mol. The summed E-state index contributed by atoms with van der Waals surface area (Å²) in [6, 6.07) is 54.4. The molecule has 0 aliphatic carbocycles. The summed E-state index contributed by atoms with van der Waals surface area (Å²) in [4.78, 5) is 0. The number of rotatable bonds is 11. The molecule has 6 nitrogen and oxygen atoms in total. The van der Waals surface area contributed by atoms with Crippen molar-refractivity contribution in [1.29, 1.82) is 0 Å². The second kappa shape index (κ2) is 20.2. The Kier molecular flexibility index (Phi) is 15.1. The fourth-order valence-electron chi connectivity index (χ4n) is 7.04. The molecule has 0 aliphatic heterocycles. The predicted octanol–water partition coefficient (Wildman–Crippen LogP) is 15.4. The zero-order valence-electron chi connectivity index (χ0n) is 32.9. The average molecular weight is 896 g/mol. The zero-order chi connectivity index (χ0) is 41.1. The first-order valence-electron chi connectivity index (χ1n) is 19.3. The smallest absolute Gasteiger partial charge is 0.305 e. The Labute approximate surface area is 354 Å². The van der Waals surface area contributed by atoms with E-state index in [2.05, 4.69) is 140 Å². The topological polar surface area (TPSA) is 71.1 Å². The summed E-state index contributed by atoms with van der Waals surface area (Å²) in [6.45, 7) is 5.11. The van der Waals surface area contributed by atoms with E-state index in [1.54, 1.807) is 13.8 Å². The van der Waals surface area contributed by atoms with Gasteiger partial charge in [0.25, 0.3) is 0 Å². The van der Waals surface area contributed by atoms with Crippen LogP contribution >= 0.6 is 41.7 Å². The highest BCUT2D eigenvalue weighted by Gasteiger charge is 2.31. The van der Waals surface area contributed by atoms with Gasteiger partial charge in [0.15, 0.2) is 0 Å². The Bertz CT molecular complexity index is 2730. The number of hydrogen-bond acceptors (Lipinski definition) is 6. The van der Waals surface area contributed by atoms with Crippen LogP contribution in [0, 0.1) is 0 Å². The molecule has 0 bridgehead atoms. The normalized spacial score (nSPS) is 11.6. The van der Waals surface area contributed by atoms with Crippen LogP contribution in [0.2, 0.25) is 0 Å². The van der Waals surface area contributed by atoms with Gasteiger partial charge >= 0.3 is 14.5 Å². The fraction of sp³-hybridized carbons (Fsp3) is 0.167. The van der Waals surface area contributed by atoms with Crippen molar-refractivity contribution < 1.29 is 27.2 Å². The largest absolute Gasteiger partial charge is 0.424 e. The van der Waals surface area contributed by atoms with Crippen molar-refractivity contribution in [2.24, 2.45) is 0 Å². The predicted molar refractivity (Wildman–Crippen MR) is 249 cm³/mol. The SMILES string of the molecule is Brc1ccc2ccccc2c1-c1cccc2ccccc12.CCOP(=O)(Cl)OCC.CCOP(=O)(OCC)c1ccc2ccccc2c1-c1cccc2ccccc12. The van der Waals surface area contributed by atoms with Crippen LogP contribution < -0.4 is 5.30 Å². The highest BCUT2D eigenvalue weighted by atomic mass is 79.9. The second-order valence-electron chi connectivity index (χ2n) is 13.0. The molecule has 298 valence electrons. The van der Waals surface area contributed by atoms with E-state index in [-0.39, 0.29) is 0 Å². The Morgan fingerprint density at radius 1 is 0.431 bits per heavy atom. The number of hydrogen-bond donors (Lipinski definition) is 0. The van der Waals surface area contributed by atoms with Gasteiger partial charge in [-0.15, -0.1) is 0 Å². The van der Waals surface area contributed by atoms with Crippen molar-refractivity contribution in [3.05, 3.63) is 162 Å². The van der Waals surface area contributed by atoms with E-state index in [1.807, 2.05) is 56.3 Å². The van der Waals surface area contributed by atoms with Crippen molar-refractivity contribution in [1.82, 2.24) is 0 Å². The first kappa shape index (κ1) is 43.4. The van der Waals surface area contributed by atoms with Crippen molar-refractivity contribution in [3.63, 3.8) is 0 Å². The molecule has 0 atom stereocenters. The van der Waals surface area contributed by atoms with Gasteiger partial charge in [0.2, 0.25) is 0 Å². The van der Waals surface area contributed by atoms with Crippen molar-refractivity contribution >= 4 is 90.1 Å². The number of halogens is 2. The zero-order valence-corrected chi connectivity index (χ0v) is 37.1. The maximum Gasteiger partial charge on any atom is 0.424 e. The number of fused-ring (bicyclic) bond motifs is 4. The maximum absolute atomic E-state index is 13.7. The lowest BCUT2D eigenvalue weighted by atomic mass is 9.94. The van der Waals surface area contributed by atoms with E-state index in [0.717, 1.165) is 37.1 Å². The van der Waals surface area contributed by atoms with Gasteiger partial charge in [-0.25, -0.2) is 4.57 Å². The van der Waals surface area contributed by atoms with E-state index in [4.69, 9.17) is 20.3 Å².